The topological polar surface area (TPSA) is 61.1 Å². The van der Waals surface area contributed by atoms with Gasteiger partial charge in [-0.3, -0.25) is 0 Å². The highest BCUT2D eigenvalue weighted by atomic mass is 32.2. The number of benzene rings is 1. The summed E-state index contributed by atoms with van der Waals surface area (Å²) < 4.78 is 63.7. The van der Waals surface area contributed by atoms with E-state index in [1.807, 2.05) is 0 Å². The van der Waals surface area contributed by atoms with Gasteiger partial charge in [0.15, 0.2) is 5.82 Å². The molecule has 30 heavy (non-hydrogen) atoms. The smallest absolute Gasteiger partial charge is 0.464 e. The van der Waals surface area contributed by atoms with Crippen molar-refractivity contribution in [2.45, 2.75) is 42.1 Å². The Kier molecular flexibility index (Phi) is 5.33. The first-order chi connectivity index (χ1) is 14.2. The quantitative estimate of drug-likeness (QED) is 0.349. The maximum atomic E-state index is 13.2. The number of phenolic OH excluding ortho intramolecular Hbond substituents is 1. The Balaban J connectivity index is 1.61. The summed E-state index contributed by atoms with van der Waals surface area (Å²) in [6, 6.07) is 5.38. The van der Waals surface area contributed by atoms with E-state index >= 15 is 0 Å². The van der Waals surface area contributed by atoms with E-state index in [1.54, 1.807) is 6.07 Å². The number of thioether (sulfide) groups is 1. The van der Waals surface area contributed by atoms with E-state index in [0.717, 1.165) is 55.2 Å². The van der Waals surface area contributed by atoms with Crippen molar-refractivity contribution in [2.24, 2.45) is 10.2 Å². The number of aromatic hydroxyl groups is 1. The summed E-state index contributed by atoms with van der Waals surface area (Å²) in [6.45, 7) is 1.88. The number of azo groups is 1. The second kappa shape index (κ2) is 7.68. The van der Waals surface area contributed by atoms with Gasteiger partial charge in [0.25, 0.3) is 0 Å². The third-order valence-electron chi connectivity index (χ3n) is 5.01. The van der Waals surface area contributed by atoms with Crippen molar-refractivity contribution in [2.75, 3.05) is 18.0 Å². The highest BCUT2D eigenvalue weighted by Gasteiger charge is 2.58. The Morgan fingerprint density at radius 1 is 1.03 bits per heavy atom. The zero-order valence-electron chi connectivity index (χ0n) is 15.6. The van der Waals surface area contributed by atoms with Gasteiger partial charge in [-0.15, -0.1) is 10.2 Å². The van der Waals surface area contributed by atoms with Crippen LogP contribution in [0.4, 0.5) is 39.1 Å². The minimum atomic E-state index is -5.69. The summed E-state index contributed by atoms with van der Waals surface area (Å²) in [6.07, 6.45) is -2.23. The van der Waals surface area contributed by atoms with Crippen LogP contribution in [0, 0.1) is 0 Å². The number of phenols is 1. The van der Waals surface area contributed by atoms with Gasteiger partial charge in [0.1, 0.15) is 16.5 Å². The fraction of sp³-hybridized carbons (Fsp3) is 0.421. The van der Waals surface area contributed by atoms with E-state index in [2.05, 4.69) is 20.1 Å². The first-order valence-corrected chi connectivity index (χ1v) is 10.1. The highest BCUT2D eigenvalue weighted by Crippen LogP contribution is 2.48. The van der Waals surface area contributed by atoms with Crippen molar-refractivity contribution in [3.05, 3.63) is 35.4 Å². The van der Waals surface area contributed by atoms with E-state index in [1.165, 1.54) is 12.1 Å². The first-order valence-electron chi connectivity index (χ1n) is 9.31. The van der Waals surface area contributed by atoms with Crippen LogP contribution < -0.4 is 4.90 Å². The lowest BCUT2D eigenvalue weighted by Gasteiger charge is -2.37. The number of nitrogens with zero attached hydrogens (tertiary/aromatic N) is 4. The molecule has 0 atom stereocenters. The summed E-state index contributed by atoms with van der Waals surface area (Å²) in [5, 5.41) is 13.0. The van der Waals surface area contributed by atoms with Crippen LogP contribution in [-0.4, -0.2) is 34.6 Å². The van der Waals surface area contributed by atoms with E-state index in [4.69, 9.17) is 0 Å². The monoisotopic (exact) mass is 444 g/mol. The largest absolute Gasteiger partial charge is 0.505 e. The molecule has 0 aliphatic carbocycles. The van der Waals surface area contributed by atoms with E-state index < -0.39 is 28.2 Å². The molecule has 0 saturated heterocycles. The number of halogens is 5. The van der Waals surface area contributed by atoms with Crippen LogP contribution >= 0.6 is 11.8 Å². The van der Waals surface area contributed by atoms with Crippen molar-refractivity contribution in [3.8, 4) is 5.75 Å². The van der Waals surface area contributed by atoms with E-state index in [0.29, 0.717) is 6.42 Å². The van der Waals surface area contributed by atoms with Crippen LogP contribution in [0.2, 0.25) is 0 Å². The van der Waals surface area contributed by atoms with Gasteiger partial charge in [-0.1, -0.05) is 6.07 Å². The first kappa shape index (κ1) is 20.8. The minimum Gasteiger partial charge on any atom is -0.505 e. The van der Waals surface area contributed by atoms with Crippen LogP contribution in [0.25, 0.3) is 0 Å². The summed E-state index contributed by atoms with van der Waals surface area (Å²) >= 11 is -0.702. The molecule has 2 aromatic rings. The zero-order chi connectivity index (χ0) is 21.5. The summed E-state index contributed by atoms with van der Waals surface area (Å²) in [5.74, 6) is -0.122. The fourth-order valence-corrected chi connectivity index (χ4v) is 4.38. The molecule has 160 valence electrons. The maximum Gasteiger partial charge on any atom is 0.464 e. The number of hydrogen-bond acceptors (Lipinski definition) is 6. The second-order valence-corrected chi connectivity index (χ2v) is 8.21. The Labute approximate surface area is 173 Å². The average Bonchev–Trinajstić information content (AvgIpc) is 2.69. The molecule has 1 N–H and O–H groups in total. The van der Waals surface area contributed by atoms with E-state index in [-0.39, 0.29) is 17.3 Å². The van der Waals surface area contributed by atoms with Gasteiger partial charge >= 0.3 is 11.4 Å². The molecule has 0 unspecified atom stereocenters. The lowest BCUT2D eigenvalue weighted by atomic mass is 9.90. The van der Waals surface area contributed by atoms with Crippen LogP contribution in [-0.2, 0) is 12.8 Å². The van der Waals surface area contributed by atoms with Crippen LogP contribution in [0.3, 0.4) is 0 Å². The highest BCUT2D eigenvalue weighted by molar-refractivity contribution is 8.00. The molecule has 0 amide bonds. The van der Waals surface area contributed by atoms with Gasteiger partial charge in [0, 0.05) is 24.3 Å². The van der Waals surface area contributed by atoms with Gasteiger partial charge in [0.05, 0.1) is 0 Å². The molecular formula is C19H17F5N4OS. The van der Waals surface area contributed by atoms with Crippen LogP contribution in [0.5, 0.6) is 5.75 Å². The molecule has 2 aliphatic rings. The standard InChI is InChI=1S/C19H17F5N4OS/c20-18(21,22)19(23,24)30-15-7-1-6-14(25-15)27-26-13-10-11-4-2-8-28-9-3-5-12(16(11)28)17(13)29/h1,6-7,10,29H,2-5,8-9H2. The van der Waals surface area contributed by atoms with Gasteiger partial charge < -0.3 is 10.0 Å². The molecule has 1 aromatic heterocycles. The van der Waals surface area contributed by atoms with Crippen molar-refractivity contribution in [1.82, 2.24) is 4.98 Å². The van der Waals surface area contributed by atoms with Gasteiger partial charge in [-0.25, -0.2) is 4.98 Å². The summed E-state index contributed by atoms with van der Waals surface area (Å²) in [7, 11) is 0. The predicted octanol–water partition coefficient (Wildman–Crippen LogP) is 6.15. The molecule has 3 heterocycles. The van der Waals surface area contributed by atoms with Crippen LogP contribution in [0.15, 0.2) is 39.5 Å². The Bertz CT molecular complexity index is 994. The number of hydrogen-bond donors (Lipinski definition) is 1. The van der Waals surface area contributed by atoms with Crippen molar-refractivity contribution < 1.29 is 27.1 Å². The summed E-state index contributed by atoms with van der Waals surface area (Å²) in [5.41, 5.74) is 3.15. The van der Waals surface area contributed by atoms with Crippen LogP contribution in [0.1, 0.15) is 24.0 Å². The fourth-order valence-electron chi connectivity index (χ4n) is 3.71. The minimum absolute atomic E-state index is 0.0123. The Morgan fingerprint density at radius 3 is 2.50 bits per heavy atom. The number of anilines is 1. The van der Waals surface area contributed by atoms with Crippen molar-refractivity contribution in [1.29, 1.82) is 0 Å². The van der Waals surface area contributed by atoms with Crippen molar-refractivity contribution in [3.63, 3.8) is 0 Å². The molecule has 0 fully saturated rings. The molecule has 0 saturated carbocycles. The number of aromatic nitrogens is 1. The second-order valence-electron chi connectivity index (χ2n) is 7.08. The number of alkyl halides is 5. The predicted molar refractivity (Wildman–Crippen MR) is 102 cm³/mol. The maximum absolute atomic E-state index is 13.2. The van der Waals surface area contributed by atoms with Gasteiger partial charge in [-0.2, -0.15) is 22.0 Å². The molecule has 0 spiro atoms. The van der Waals surface area contributed by atoms with Gasteiger partial charge in [0.2, 0.25) is 0 Å². The number of rotatable bonds is 4. The molecule has 0 radical (unpaired) electrons. The van der Waals surface area contributed by atoms with Gasteiger partial charge in [-0.05, 0) is 61.2 Å². The Hall–Kier alpha value is -2.43. The SMILES string of the molecule is Oc1c(N=Nc2cccc(SC(F)(F)C(F)(F)F)n2)cc2c3c1CCCN3CCC2. The lowest BCUT2D eigenvalue weighted by molar-refractivity contribution is -0.237. The third kappa shape index (κ3) is 3.94. The Morgan fingerprint density at radius 2 is 1.77 bits per heavy atom. The number of aryl methyl sites for hydroxylation is 1. The molecule has 0 bridgehead atoms. The molecule has 4 rings (SSSR count). The lowest BCUT2D eigenvalue weighted by Crippen LogP contribution is -2.34. The molecule has 5 nitrogen and oxygen atoms in total. The molecule has 11 heteroatoms. The normalized spacial score (nSPS) is 16.8. The molecular weight excluding hydrogens is 427 g/mol. The number of pyridine rings is 1. The summed E-state index contributed by atoms with van der Waals surface area (Å²) in [4.78, 5) is 5.95. The third-order valence-corrected chi connectivity index (χ3v) is 5.93. The van der Waals surface area contributed by atoms with Crippen molar-refractivity contribution >= 4 is 29.0 Å². The zero-order valence-corrected chi connectivity index (χ0v) is 16.4. The molecule has 2 aliphatic heterocycles. The van der Waals surface area contributed by atoms with E-state index in [9.17, 15) is 27.1 Å². The molecule has 1 aromatic carbocycles. The average molecular weight is 444 g/mol.